The first kappa shape index (κ1) is 16.7. The number of benzene rings is 2. The summed E-state index contributed by atoms with van der Waals surface area (Å²) in [6.07, 6.45) is -0.0279. The molecule has 0 aliphatic heterocycles. The lowest BCUT2D eigenvalue weighted by atomic mass is 10.1. The van der Waals surface area contributed by atoms with Crippen molar-refractivity contribution >= 4 is 22.4 Å². The molecule has 0 radical (unpaired) electrons. The van der Waals surface area contributed by atoms with Crippen molar-refractivity contribution in [2.45, 2.75) is 6.42 Å². The molecule has 1 amide bonds. The minimum absolute atomic E-state index is 0.0279. The van der Waals surface area contributed by atoms with E-state index in [0.29, 0.717) is 16.8 Å². The highest BCUT2D eigenvalue weighted by molar-refractivity contribution is 5.91. The van der Waals surface area contributed by atoms with E-state index in [9.17, 15) is 9.59 Å². The maximum atomic E-state index is 12.5. The van der Waals surface area contributed by atoms with Gasteiger partial charge in [0.1, 0.15) is 5.69 Å². The molecule has 2 heterocycles. The molecule has 2 aromatic heterocycles. The number of nitrogens with one attached hydrogen (secondary N) is 1. The standard InChI is InChI=1S/C20H16N4O3/c1-24-16(11-13-7-5-6-10-15(13)20(24)26)19-22-17(23-27-19)12-18(25)21-14-8-3-2-4-9-14/h2-11H,12H2,1H3,(H,21,25). The van der Waals surface area contributed by atoms with Gasteiger partial charge in [-0.25, -0.2) is 0 Å². The second-order valence-corrected chi connectivity index (χ2v) is 6.09. The maximum absolute atomic E-state index is 12.5. The predicted molar refractivity (Wildman–Crippen MR) is 101 cm³/mol. The van der Waals surface area contributed by atoms with Crippen molar-refractivity contribution in [1.82, 2.24) is 14.7 Å². The summed E-state index contributed by atoms with van der Waals surface area (Å²) in [6.45, 7) is 0. The molecule has 4 aromatic rings. The fourth-order valence-corrected chi connectivity index (χ4v) is 2.86. The van der Waals surface area contributed by atoms with Crippen molar-refractivity contribution in [2.24, 2.45) is 7.05 Å². The van der Waals surface area contributed by atoms with Crippen LogP contribution in [0.5, 0.6) is 0 Å². The van der Waals surface area contributed by atoms with Gasteiger partial charge in [-0.3, -0.25) is 9.59 Å². The Kier molecular flexibility index (Phi) is 4.25. The topological polar surface area (TPSA) is 90.0 Å². The summed E-state index contributed by atoms with van der Waals surface area (Å²) >= 11 is 0. The van der Waals surface area contributed by atoms with Crippen molar-refractivity contribution in [1.29, 1.82) is 0 Å². The molecule has 0 unspecified atom stereocenters. The van der Waals surface area contributed by atoms with Crippen molar-refractivity contribution in [3.05, 3.63) is 76.8 Å². The average molecular weight is 360 g/mol. The van der Waals surface area contributed by atoms with Gasteiger partial charge < -0.3 is 14.4 Å². The zero-order valence-corrected chi connectivity index (χ0v) is 14.5. The molecule has 0 atom stereocenters. The normalized spacial score (nSPS) is 10.9. The molecule has 0 fully saturated rings. The second kappa shape index (κ2) is 6.87. The number of nitrogens with zero attached hydrogens (tertiary/aromatic N) is 3. The van der Waals surface area contributed by atoms with Gasteiger partial charge in [0.2, 0.25) is 5.91 Å². The third-order valence-electron chi connectivity index (χ3n) is 4.21. The van der Waals surface area contributed by atoms with E-state index in [4.69, 9.17) is 4.52 Å². The number of amides is 1. The van der Waals surface area contributed by atoms with Crippen LogP contribution in [-0.2, 0) is 18.3 Å². The lowest BCUT2D eigenvalue weighted by Gasteiger charge is -2.06. The van der Waals surface area contributed by atoms with Gasteiger partial charge in [0.05, 0.1) is 6.42 Å². The Labute approximate surface area is 154 Å². The number of hydrogen-bond acceptors (Lipinski definition) is 5. The molecule has 0 bridgehead atoms. The van der Waals surface area contributed by atoms with Gasteiger partial charge in [-0.15, -0.1) is 0 Å². The maximum Gasteiger partial charge on any atom is 0.274 e. The van der Waals surface area contributed by atoms with E-state index in [1.807, 2.05) is 42.5 Å². The van der Waals surface area contributed by atoms with Crippen molar-refractivity contribution < 1.29 is 9.32 Å². The number of fused-ring (bicyclic) bond motifs is 1. The molecule has 0 spiro atoms. The number of pyridine rings is 1. The van der Waals surface area contributed by atoms with E-state index in [0.717, 1.165) is 5.39 Å². The highest BCUT2D eigenvalue weighted by Gasteiger charge is 2.16. The third kappa shape index (κ3) is 3.35. The van der Waals surface area contributed by atoms with Crippen LogP contribution in [0.25, 0.3) is 22.4 Å². The van der Waals surface area contributed by atoms with Crippen molar-refractivity contribution in [3.63, 3.8) is 0 Å². The molecular weight excluding hydrogens is 344 g/mol. The summed E-state index contributed by atoms with van der Waals surface area (Å²) in [7, 11) is 1.65. The number of para-hydroxylation sites is 1. The number of carbonyl (C=O) groups is 1. The van der Waals surface area contributed by atoms with Crippen LogP contribution in [0.4, 0.5) is 5.69 Å². The molecule has 0 aliphatic carbocycles. The van der Waals surface area contributed by atoms with E-state index in [-0.39, 0.29) is 29.6 Å². The Hall–Kier alpha value is -3.74. The van der Waals surface area contributed by atoms with Gasteiger partial charge in [-0.2, -0.15) is 4.98 Å². The fourth-order valence-electron chi connectivity index (χ4n) is 2.86. The molecule has 1 N–H and O–H groups in total. The largest absolute Gasteiger partial charge is 0.332 e. The van der Waals surface area contributed by atoms with Crippen LogP contribution in [-0.4, -0.2) is 20.6 Å². The molecule has 0 aliphatic rings. The Bertz CT molecular complexity index is 1180. The Balaban J connectivity index is 1.59. The number of anilines is 1. The minimum atomic E-state index is -0.249. The average Bonchev–Trinajstić information content (AvgIpc) is 3.13. The molecule has 4 rings (SSSR count). The van der Waals surface area contributed by atoms with Crippen LogP contribution in [0.15, 0.2) is 70.0 Å². The summed E-state index contributed by atoms with van der Waals surface area (Å²) in [6, 6.07) is 18.3. The number of hydrogen-bond donors (Lipinski definition) is 1. The smallest absolute Gasteiger partial charge is 0.274 e. The first-order valence-electron chi connectivity index (χ1n) is 8.38. The van der Waals surface area contributed by atoms with Gasteiger partial charge in [-0.05, 0) is 29.7 Å². The first-order valence-corrected chi connectivity index (χ1v) is 8.38. The summed E-state index contributed by atoms with van der Waals surface area (Å²) in [5, 5.41) is 8.04. The van der Waals surface area contributed by atoms with E-state index in [1.165, 1.54) is 4.57 Å². The number of aromatic nitrogens is 3. The summed E-state index contributed by atoms with van der Waals surface area (Å²) in [5.74, 6) is 0.197. The molecule has 134 valence electrons. The quantitative estimate of drug-likeness (QED) is 0.604. The molecule has 0 saturated carbocycles. The molecule has 27 heavy (non-hydrogen) atoms. The van der Waals surface area contributed by atoms with Gasteiger partial charge in [0.25, 0.3) is 11.4 Å². The molecule has 2 aromatic carbocycles. The van der Waals surface area contributed by atoms with E-state index in [2.05, 4.69) is 15.5 Å². The molecule has 7 nitrogen and oxygen atoms in total. The lowest BCUT2D eigenvalue weighted by Crippen LogP contribution is -2.18. The zero-order chi connectivity index (χ0) is 18.8. The lowest BCUT2D eigenvalue weighted by molar-refractivity contribution is -0.115. The fraction of sp³-hybridized carbons (Fsp3) is 0.100. The zero-order valence-electron chi connectivity index (χ0n) is 14.5. The van der Waals surface area contributed by atoms with Gasteiger partial charge in [0, 0.05) is 18.1 Å². The van der Waals surface area contributed by atoms with E-state index >= 15 is 0 Å². The first-order chi connectivity index (χ1) is 13.1. The number of carbonyl (C=O) groups excluding carboxylic acids is 1. The summed E-state index contributed by atoms with van der Waals surface area (Å²) < 4.78 is 6.75. The molecule has 0 saturated heterocycles. The Morgan fingerprint density at radius 1 is 1.11 bits per heavy atom. The Morgan fingerprint density at radius 2 is 1.85 bits per heavy atom. The van der Waals surface area contributed by atoms with Gasteiger partial charge in [0.15, 0.2) is 5.82 Å². The molecule has 7 heteroatoms. The van der Waals surface area contributed by atoms with Crippen LogP contribution in [0.2, 0.25) is 0 Å². The highest BCUT2D eigenvalue weighted by atomic mass is 16.5. The van der Waals surface area contributed by atoms with Crippen LogP contribution in [0.1, 0.15) is 5.82 Å². The van der Waals surface area contributed by atoms with Gasteiger partial charge >= 0.3 is 0 Å². The Morgan fingerprint density at radius 3 is 2.67 bits per heavy atom. The highest BCUT2D eigenvalue weighted by Crippen LogP contribution is 2.20. The monoisotopic (exact) mass is 360 g/mol. The van der Waals surface area contributed by atoms with Crippen LogP contribution in [0.3, 0.4) is 0 Å². The number of rotatable bonds is 4. The summed E-state index contributed by atoms with van der Waals surface area (Å²) in [5.41, 5.74) is 1.05. The molecular formula is C20H16N4O3. The van der Waals surface area contributed by atoms with Crippen molar-refractivity contribution in [3.8, 4) is 11.6 Å². The minimum Gasteiger partial charge on any atom is -0.332 e. The second-order valence-electron chi connectivity index (χ2n) is 6.09. The SMILES string of the molecule is Cn1c(-c2nc(CC(=O)Nc3ccccc3)no2)cc2ccccc2c1=O. The predicted octanol–water partition coefficient (Wildman–Crippen LogP) is 2.77. The van der Waals surface area contributed by atoms with Crippen LogP contribution in [0, 0.1) is 0 Å². The third-order valence-corrected chi connectivity index (χ3v) is 4.21. The van der Waals surface area contributed by atoms with Crippen molar-refractivity contribution in [2.75, 3.05) is 5.32 Å². The van der Waals surface area contributed by atoms with Gasteiger partial charge in [-0.1, -0.05) is 41.6 Å². The van der Waals surface area contributed by atoms with Crippen LogP contribution >= 0.6 is 0 Å². The van der Waals surface area contributed by atoms with E-state index < -0.39 is 0 Å². The van der Waals surface area contributed by atoms with Crippen LogP contribution < -0.4 is 10.9 Å². The van der Waals surface area contributed by atoms with E-state index in [1.54, 1.807) is 25.2 Å². The summed E-state index contributed by atoms with van der Waals surface area (Å²) in [4.78, 5) is 28.9.